The van der Waals surface area contributed by atoms with Crippen molar-refractivity contribution in [3.63, 3.8) is 0 Å². The van der Waals surface area contributed by atoms with Gasteiger partial charge in [0, 0.05) is 18.3 Å². The third-order valence-corrected chi connectivity index (χ3v) is 7.48. The minimum atomic E-state index is -0.401. The summed E-state index contributed by atoms with van der Waals surface area (Å²) in [5.41, 5.74) is 2.24. The molecule has 1 fully saturated rings. The molecule has 1 aliphatic heterocycles. The molecule has 4 aromatic rings. The fourth-order valence-corrected chi connectivity index (χ4v) is 5.37. The van der Waals surface area contributed by atoms with Crippen molar-refractivity contribution in [3.05, 3.63) is 76.1 Å². The maximum Gasteiger partial charge on any atom is 0.407 e. The number of anilines is 2. The molecule has 206 valence electrons. The molecular formula is C29H27ClFN5O3S. The van der Waals surface area contributed by atoms with Crippen molar-refractivity contribution in [1.29, 1.82) is 0 Å². The number of alkyl carbamates (subject to hydrolysis) is 1. The van der Waals surface area contributed by atoms with Crippen LogP contribution in [0.2, 0.25) is 5.02 Å². The molecule has 5 rings (SSSR count). The second-order valence-corrected chi connectivity index (χ2v) is 10.6. The van der Waals surface area contributed by atoms with E-state index >= 15 is 0 Å². The van der Waals surface area contributed by atoms with Crippen molar-refractivity contribution in [2.45, 2.75) is 38.5 Å². The van der Waals surface area contributed by atoms with Crippen LogP contribution in [-0.4, -0.2) is 41.3 Å². The van der Waals surface area contributed by atoms with Crippen molar-refractivity contribution in [3.8, 4) is 17.6 Å². The largest absolute Gasteiger partial charge is 0.487 e. The predicted molar refractivity (Wildman–Crippen MR) is 155 cm³/mol. The lowest BCUT2D eigenvalue weighted by Crippen LogP contribution is -2.35. The number of hydrogen-bond donors (Lipinski definition) is 3. The number of carbonyl (C=O) groups is 1. The number of benzene rings is 2. The Bertz CT molecular complexity index is 1570. The van der Waals surface area contributed by atoms with Crippen LogP contribution < -0.4 is 20.7 Å². The molecule has 8 nitrogen and oxygen atoms in total. The van der Waals surface area contributed by atoms with E-state index in [1.807, 2.05) is 19.1 Å². The molecule has 2 aromatic heterocycles. The Hall–Kier alpha value is -3.91. The Morgan fingerprint density at radius 2 is 2.12 bits per heavy atom. The number of rotatable bonds is 8. The second kappa shape index (κ2) is 13.0. The van der Waals surface area contributed by atoms with Crippen molar-refractivity contribution < 1.29 is 18.7 Å². The van der Waals surface area contributed by atoms with Gasteiger partial charge in [-0.1, -0.05) is 35.6 Å². The molecule has 3 N–H and O–H groups in total. The number of amides is 1. The summed E-state index contributed by atoms with van der Waals surface area (Å²) in [4.78, 5) is 21.2. The molecule has 1 saturated heterocycles. The highest BCUT2D eigenvalue weighted by molar-refractivity contribution is 7.20. The molecule has 0 aliphatic carbocycles. The van der Waals surface area contributed by atoms with Crippen molar-refractivity contribution in [2.75, 3.05) is 18.5 Å². The van der Waals surface area contributed by atoms with E-state index < -0.39 is 6.09 Å². The zero-order valence-electron chi connectivity index (χ0n) is 21.7. The Morgan fingerprint density at radius 1 is 1.23 bits per heavy atom. The summed E-state index contributed by atoms with van der Waals surface area (Å²) in [6.07, 6.45) is 2.88. The van der Waals surface area contributed by atoms with E-state index in [0.717, 1.165) is 33.6 Å². The van der Waals surface area contributed by atoms with Gasteiger partial charge in [0.2, 0.25) is 0 Å². The topological polar surface area (TPSA) is 97.4 Å². The quantitative estimate of drug-likeness (QED) is 0.219. The van der Waals surface area contributed by atoms with Crippen LogP contribution in [0.15, 0.2) is 54.9 Å². The summed E-state index contributed by atoms with van der Waals surface area (Å²) in [6.45, 7) is 2.91. The summed E-state index contributed by atoms with van der Waals surface area (Å²) in [5.74, 6) is 7.37. The number of thiophene rings is 1. The Balaban J connectivity index is 1.21. The third-order valence-electron chi connectivity index (χ3n) is 6.14. The van der Waals surface area contributed by atoms with E-state index in [-0.39, 0.29) is 24.5 Å². The van der Waals surface area contributed by atoms with Crippen LogP contribution >= 0.6 is 22.9 Å². The number of nitrogens with zero attached hydrogens (tertiary/aromatic N) is 2. The van der Waals surface area contributed by atoms with Gasteiger partial charge < -0.3 is 20.1 Å². The van der Waals surface area contributed by atoms with E-state index in [1.54, 1.807) is 24.3 Å². The maximum atomic E-state index is 13.4. The molecule has 0 saturated carbocycles. The van der Waals surface area contributed by atoms with Crippen molar-refractivity contribution >= 4 is 50.8 Å². The summed E-state index contributed by atoms with van der Waals surface area (Å²) < 4.78 is 25.3. The average molecular weight is 580 g/mol. The van der Waals surface area contributed by atoms with Gasteiger partial charge in [-0.15, -0.1) is 11.3 Å². The number of hydrogen-bond acceptors (Lipinski definition) is 8. The molecule has 40 heavy (non-hydrogen) atoms. The average Bonchev–Trinajstić information content (AvgIpc) is 3.58. The van der Waals surface area contributed by atoms with E-state index in [0.29, 0.717) is 35.3 Å². The van der Waals surface area contributed by atoms with Gasteiger partial charge >= 0.3 is 6.09 Å². The van der Waals surface area contributed by atoms with Crippen LogP contribution in [0.1, 0.15) is 30.2 Å². The second-order valence-electron chi connectivity index (χ2n) is 9.13. The first-order chi connectivity index (χ1) is 19.5. The third kappa shape index (κ3) is 7.18. The first-order valence-corrected chi connectivity index (χ1v) is 14.0. The Labute approximate surface area is 240 Å². The number of carbonyl (C=O) groups excluding carboxylic acids is 1. The lowest BCUT2D eigenvalue weighted by atomic mass is 10.2. The van der Waals surface area contributed by atoms with Crippen molar-refractivity contribution in [1.82, 2.24) is 20.6 Å². The van der Waals surface area contributed by atoms with E-state index in [2.05, 4.69) is 37.8 Å². The maximum absolute atomic E-state index is 13.4. The van der Waals surface area contributed by atoms with Gasteiger partial charge in [0.05, 0.1) is 26.2 Å². The standard InChI is InChI=1S/C29H27ClFN5O3S/c1-2-32-29(37)39-16-22-7-6-20(35-22)8-10-23-14-25-27(40-23)28(34-17-33-25)36-21-9-11-26(24(30)13-21)38-15-18-4-3-5-19(31)12-18/h3-5,9,11-14,17,20,22,35H,2,6-7,15-16H2,1H3,(H,32,37)(H,33,34,36)/t20-,22-/m1/s1. The van der Waals surface area contributed by atoms with Gasteiger partial charge in [-0.3, -0.25) is 5.32 Å². The number of fused-ring (bicyclic) bond motifs is 1. The van der Waals surface area contributed by atoms with Crippen molar-refractivity contribution in [2.24, 2.45) is 0 Å². The van der Waals surface area contributed by atoms with Crippen LogP contribution in [0, 0.1) is 17.7 Å². The van der Waals surface area contributed by atoms with Gasteiger partial charge in [-0.2, -0.15) is 0 Å². The lowest BCUT2D eigenvalue weighted by molar-refractivity contribution is 0.136. The molecule has 2 atom stereocenters. The van der Waals surface area contributed by atoms with Gasteiger partial charge in [-0.05, 0) is 61.7 Å². The molecule has 1 amide bonds. The zero-order chi connectivity index (χ0) is 27.9. The molecular weight excluding hydrogens is 553 g/mol. The Kier molecular flexibility index (Phi) is 8.96. The first kappa shape index (κ1) is 27.6. The molecule has 3 heterocycles. The minimum absolute atomic E-state index is 0.0283. The summed E-state index contributed by atoms with van der Waals surface area (Å²) >= 11 is 7.96. The predicted octanol–water partition coefficient (Wildman–Crippen LogP) is 6.02. The highest BCUT2D eigenvalue weighted by Gasteiger charge is 2.23. The van der Waals surface area contributed by atoms with Gasteiger partial charge in [0.15, 0.2) is 5.82 Å². The zero-order valence-corrected chi connectivity index (χ0v) is 23.2. The fraction of sp³-hybridized carbons (Fsp3) is 0.276. The van der Waals surface area contributed by atoms with Gasteiger partial charge in [-0.25, -0.2) is 19.2 Å². The van der Waals surface area contributed by atoms with Crippen LogP contribution in [0.5, 0.6) is 5.75 Å². The van der Waals surface area contributed by atoms with Crippen LogP contribution in [0.4, 0.5) is 20.7 Å². The molecule has 2 aromatic carbocycles. The molecule has 0 radical (unpaired) electrons. The van der Waals surface area contributed by atoms with E-state index in [4.69, 9.17) is 21.1 Å². The molecule has 0 unspecified atom stereocenters. The summed E-state index contributed by atoms with van der Waals surface area (Å²) in [7, 11) is 0. The lowest BCUT2D eigenvalue weighted by Gasteiger charge is -2.11. The Morgan fingerprint density at radius 3 is 2.95 bits per heavy atom. The normalized spacial score (nSPS) is 16.3. The van der Waals surface area contributed by atoms with E-state index in [9.17, 15) is 9.18 Å². The van der Waals surface area contributed by atoms with Gasteiger partial charge in [0.25, 0.3) is 0 Å². The summed E-state index contributed by atoms with van der Waals surface area (Å²) in [6, 6.07) is 13.7. The van der Waals surface area contributed by atoms with E-state index in [1.165, 1.54) is 29.8 Å². The SMILES string of the molecule is CCNC(=O)OC[C@H]1CC[C@H](C#Cc2cc3ncnc(Nc4ccc(OCc5cccc(F)c5)c(Cl)c4)c3s2)N1. The smallest absolute Gasteiger partial charge is 0.407 e. The number of aromatic nitrogens is 2. The highest BCUT2D eigenvalue weighted by Crippen LogP contribution is 2.33. The number of halogens is 2. The summed E-state index contributed by atoms with van der Waals surface area (Å²) in [5, 5.41) is 9.76. The number of nitrogens with one attached hydrogen (secondary N) is 3. The number of ether oxygens (including phenoxy) is 2. The minimum Gasteiger partial charge on any atom is -0.487 e. The molecule has 0 bridgehead atoms. The monoisotopic (exact) mass is 579 g/mol. The van der Waals surface area contributed by atoms with Crippen LogP contribution in [0.25, 0.3) is 10.2 Å². The molecule has 0 spiro atoms. The molecule has 11 heteroatoms. The van der Waals surface area contributed by atoms with Crippen LogP contribution in [0.3, 0.4) is 0 Å². The fourth-order valence-electron chi connectivity index (χ4n) is 4.22. The molecule has 1 aliphatic rings. The van der Waals surface area contributed by atoms with Crippen LogP contribution in [-0.2, 0) is 11.3 Å². The first-order valence-electron chi connectivity index (χ1n) is 12.8. The highest BCUT2D eigenvalue weighted by atomic mass is 35.5. The van der Waals surface area contributed by atoms with Gasteiger partial charge in [0.1, 0.15) is 31.1 Å².